The molecule has 1 unspecified atom stereocenters. The first-order chi connectivity index (χ1) is 12.6. The van der Waals surface area contributed by atoms with Crippen molar-refractivity contribution in [2.75, 3.05) is 0 Å². The normalized spacial score (nSPS) is 17.1. The lowest BCUT2D eigenvalue weighted by molar-refractivity contribution is -0.129. The molecule has 26 heavy (non-hydrogen) atoms. The Morgan fingerprint density at radius 3 is 2.88 bits per heavy atom. The Kier molecular flexibility index (Phi) is 4.78. The van der Waals surface area contributed by atoms with Crippen molar-refractivity contribution in [2.24, 2.45) is 0 Å². The molecule has 0 N–H and O–H groups in total. The maximum atomic E-state index is 12.4. The number of aromatic nitrogens is 2. The minimum absolute atomic E-state index is 0.0949. The highest BCUT2D eigenvalue weighted by atomic mass is 79.9. The molecule has 0 spiro atoms. The summed E-state index contributed by atoms with van der Waals surface area (Å²) >= 11 is 9.50. The Bertz CT molecular complexity index is 959. The fraction of sp³-hybridized carbons (Fsp3) is 0.211. The monoisotopic (exact) mass is 431 g/mol. The van der Waals surface area contributed by atoms with Crippen LogP contribution in [0.1, 0.15) is 30.3 Å². The van der Waals surface area contributed by atoms with E-state index in [-0.39, 0.29) is 11.9 Å². The molecule has 1 aliphatic heterocycles. The second-order valence-electron chi connectivity index (χ2n) is 6.17. The average Bonchev–Trinajstić information content (AvgIpc) is 3.23. The summed E-state index contributed by atoms with van der Waals surface area (Å²) in [6, 6.07) is 15.0. The molecular formula is C19H15BrClN3O2. The number of hydrogen-bond donors (Lipinski definition) is 0. The number of rotatable bonds is 4. The third kappa shape index (κ3) is 3.52. The molecule has 1 aliphatic rings. The first kappa shape index (κ1) is 17.2. The van der Waals surface area contributed by atoms with Gasteiger partial charge in [0.15, 0.2) is 0 Å². The van der Waals surface area contributed by atoms with Crippen molar-refractivity contribution in [3.8, 4) is 11.4 Å². The predicted octanol–water partition coefficient (Wildman–Crippen LogP) is 5.02. The molecule has 1 saturated heterocycles. The fourth-order valence-corrected chi connectivity index (χ4v) is 3.77. The molecule has 1 atom stereocenters. The van der Waals surface area contributed by atoms with Crippen LogP contribution in [0.4, 0.5) is 0 Å². The van der Waals surface area contributed by atoms with Crippen molar-refractivity contribution in [3.05, 3.63) is 69.5 Å². The highest BCUT2D eigenvalue weighted by molar-refractivity contribution is 9.10. The smallest absolute Gasteiger partial charge is 0.249 e. The lowest BCUT2D eigenvalue weighted by atomic mass is 10.2. The molecule has 0 saturated carbocycles. The molecular weight excluding hydrogens is 418 g/mol. The molecule has 2 aromatic carbocycles. The van der Waals surface area contributed by atoms with Crippen molar-refractivity contribution >= 4 is 33.4 Å². The van der Waals surface area contributed by atoms with E-state index in [4.69, 9.17) is 16.1 Å². The SMILES string of the molecule is O=C1CCC(c2nc(-c3cccc(Cl)c3)no2)N1Cc1cccc(Br)c1. The highest BCUT2D eigenvalue weighted by Gasteiger charge is 2.36. The molecule has 0 bridgehead atoms. The van der Waals surface area contributed by atoms with Crippen LogP contribution in [0.25, 0.3) is 11.4 Å². The lowest BCUT2D eigenvalue weighted by Crippen LogP contribution is -2.27. The van der Waals surface area contributed by atoms with E-state index >= 15 is 0 Å². The zero-order chi connectivity index (χ0) is 18.1. The van der Waals surface area contributed by atoms with Crippen LogP contribution in [-0.2, 0) is 11.3 Å². The summed E-state index contributed by atoms with van der Waals surface area (Å²) in [6.45, 7) is 0.512. The van der Waals surface area contributed by atoms with Gasteiger partial charge in [0.25, 0.3) is 0 Å². The molecule has 7 heteroatoms. The molecule has 1 fully saturated rings. The van der Waals surface area contributed by atoms with E-state index in [1.54, 1.807) is 17.0 Å². The molecule has 3 aromatic rings. The largest absolute Gasteiger partial charge is 0.337 e. The highest BCUT2D eigenvalue weighted by Crippen LogP contribution is 2.34. The summed E-state index contributed by atoms with van der Waals surface area (Å²) in [6.07, 6.45) is 1.15. The zero-order valence-electron chi connectivity index (χ0n) is 13.7. The Morgan fingerprint density at radius 2 is 2.08 bits per heavy atom. The van der Waals surface area contributed by atoms with Gasteiger partial charge in [0.1, 0.15) is 6.04 Å². The van der Waals surface area contributed by atoms with Gasteiger partial charge < -0.3 is 9.42 Å². The van der Waals surface area contributed by atoms with E-state index in [2.05, 4.69) is 26.1 Å². The summed E-state index contributed by atoms with van der Waals surface area (Å²) in [7, 11) is 0. The molecule has 0 radical (unpaired) electrons. The molecule has 4 rings (SSSR count). The van der Waals surface area contributed by atoms with E-state index in [0.29, 0.717) is 36.1 Å². The van der Waals surface area contributed by atoms with Crippen molar-refractivity contribution in [2.45, 2.75) is 25.4 Å². The van der Waals surface area contributed by atoms with Crippen molar-refractivity contribution in [3.63, 3.8) is 0 Å². The fourth-order valence-electron chi connectivity index (χ4n) is 3.14. The number of nitrogens with zero attached hydrogens (tertiary/aromatic N) is 3. The van der Waals surface area contributed by atoms with Gasteiger partial charge in [-0.05, 0) is 36.2 Å². The van der Waals surface area contributed by atoms with Crippen molar-refractivity contribution in [1.29, 1.82) is 0 Å². The van der Waals surface area contributed by atoms with Gasteiger partial charge in [0.2, 0.25) is 17.6 Å². The number of likely N-dealkylation sites (tertiary alicyclic amines) is 1. The summed E-state index contributed by atoms with van der Waals surface area (Å²) in [5.41, 5.74) is 1.84. The Balaban J connectivity index is 1.59. The van der Waals surface area contributed by atoms with Crippen molar-refractivity contribution in [1.82, 2.24) is 15.0 Å². The minimum atomic E-state index is -0.207. The molecule has 2 heterocycles. The third-order valence-corrected chi connectivity index (χ3v) is 5.11. The first-order valence-corrected chi connectivity index (χ1v) is 9.41. The van der Waals surface area contributed by atoms with Crippen molar-refractivity contribution < 1.29 is 9.32 Å². The number of carbonyl (C=O) groups is 1. The quantitative estimate of drug-likeness (QED) is 0.581. The number of hydrogen-bond acceptors (Lipinski definition) is 4. The van der Waals surface area contributed by atoms with Gasteiger partial charge in [-0.25, -0.2) is 0 Å². The van der Waals surface area contributed by atoms with E-state index < -0.39 is 0 Å². The number of benzene rings is 2. The molecule has 1 aromatic heterocycles. The number of halogens is 2. The van der Waals surface area contributed by atoms with Gasteiger partial charge >= 0.3 is 0 Å². The molecule has 132 valence electrons. The van der Waals surface area contributed by atoms with Crippen LogP contribution in [0.2, 0.25) is 5.02 Å². The standard InChI is InChI=1S/C19H15BrClN3O2/c20-14-5-1-3-12(9-14)11-24-16(7-8-17(24)25)19-22-18(23-26-19)13-4-2-6-15(21)10-13/h1-6,9-10,16H,7-8,11H2. The van der Waals surface area contributed by atoms with Crippen LogP contribution in [-0.4, -0.2) is 20.9 Å². The van der Waals surface area contributed by atoms with E-state index in [1.165, 1.54) is 0 Å². The maximum Gasteiger partial charge on any atom is 0.249 e. The summed E-state index contributed by atoms with van der Waals surface area (Å²) in [4.78, 5) is 18.7. The zero-order valence-corrected chi connectivity index (χ0v) is 16.1. The van der Waals surface area contributed by atoms with Crippen LogP contribution < -0.4 is 0 Å². The van der Waals surface area contributed by atoms with Gasteiger partial charge in [-0.1, -0.05) is 57.0 Å². The van der Waals surface area contributed by atoms with Gasteiger partial charge in [-0.3, -0.25) is 4.79 Å². The van der Waals surface area contributed by atoms with Crippen LogP contribution >= 0.6 is 27.5 Å². The number of amides is 1. The second-order valence-corrected chi connectivity index (χ2v) is 7.52. The Morgan fingerprint density at radius 1 is 1.23 bits per heavy atom. The Labute approximate surface area is 164 Å². The van der Waals surface area contributed by atoms with Gasteiger partial charge in [0, 0.05) is 28.0 Å². The summed E-state index contributed by atoms with van der Waals surface area (Å²) in [5.74, 6) is 1.03. The van der Waals surface area contributed by atoms with E-state index in [1.807, 2.05) is 36.4 Å². The van der Waals surface area contributed by atoms with Gasteiger partial charge in [-0.2, -0.15) is 4.98 Å². The van der Waals surface area contributed by atoms with E-state index in [9.17, 15) is 4.79 Å². The van der Waals surface area contributed by atoms with Crippen LogP contribution in [0.15, 0.2) is 57.5 Å². The Hall–Kier alpha value is -2.18. The summed E-state index contributed by atoms with van der Waals surface area (Å²) < 4.78 is 6.46. The summed E-state index contributed by atoms with van der Waals surface area (Å²) in [5, 5.41) is 4.67. The first-order valence-electron chi connectivity index (χ1n) is 8.23. The topological polar surface area (TPSA) is 59.2 Å². The maximum absolute atomic E-state index is 12.4. The third-order valence-electron chi connectivity index (χ3n) is 4.38. The molecule has 5 nitrogen and oxygen atoms in total. The molecule has 1 amide bonds. The van der Waals surface area contributed by atoms with Crippen LogP contribution in [0, 0.1) is 0 Å². The predicted molar refractivity (Wildman–Crippen MR) is 101 cm³/mol. The average molecular weight is 433 g/mol. The van der Waals surface area contributed by atoms with Crippen LogP contribution in [0.5, 0.6) is 0 Å². The van der Waals surface area contributed by atoms with Gasteiger partial charge in [-0.15, -0.1) is 0 Å². The van der Waals surface area contributed by atoms with Gasteiger partial charge in [0.05, 0.1) is 0 Å². The van der Waals surface area contributed by atoms with Crippen LogP contribution in [0.3, 0.4) is 0 Å². The second kappa shape index (κ2) is 7.21. The minimum Gasteiger partial charge on any atom is -0.337 e. The number of carbonyl (C=O) groups excluding carboxylic acids is 1. The lowest BCUT2D eigenvalue weighted by Gasteiger charge is -2.22. The molecule has 0 aliphatic carbocycles. The van der Waals surface area contributed by atoms with E-state index in [0.717, 1.165) is 15.6 Å².